The summed E-state index contributed by atoms with van der Waals surface area (Å²) in [4.78, 5) is 14.2. The van der Waals surface area contributed by atoms with Gasteiger partial charge in [-0.05, 0) is 6.07 Å². The number of alkyl halides is 3. The van der Waals surface area contributed by atoms with Gasteiger partial charge in [0.25, 0.3) is 0 Å². The van der Waals surface area contributed by atoms with E-state index in [1.165, 1.54) is 6.20 Å². The minimum absolute atomic E-state index is 0. The maximum atomic E-state index is 12.9. The Hall–Kier alpha value is -1.10. The largest absolute Gasteiger partial charge is 0.481 e. The Bertz CT molecular complexity index is 699. The van der Waals surface area contributed by atoms with Gasteiger partial charge in [-0.3, -0.25) is 9.78 Å². The number of carbonyl (C=O) groups is 1. The molecule has 0 radical (unpaired) electrons. The van der Waals surface area contributed by atoms with Crippen molar-refractivity contribution in [3.63, 3.8) is 0 Å². The molecule has 1 N–H and O–H groups in total. The van der Waals surface area contributed by atoms with Crippen molar-refractivity contribution in [3.8, 4) is 0 Å². The number of nitrogens with zero attached hydrogens (tertiary/aromatic N) is 2. The van der Waals surface area contributed by atoms with Gasteiger partial charge in [-0.1, -0.05) is 11.6 Å². The standard InChI is InChI=1S/C11H10ClF3N2O4S.ClH/c12-6-1-7(3-16-2-6)22(20,21)17-4-8(10(18)19)9(5-17)11(13,14)15;/h1-3,8-9H,4-5H2,(H,18,19);1H/t8-,9-;/m1./s1. The van der Waals surface area contributed by atoms with E-state index in [1.807, 2.05) is 0 Å². The zero-order chi connectivity index (χ0) is 16.7. The van der Waals surface area contributed by atoms with Gasteiger partial charge in [-0.25, -0.2) is 8.42 Å². The Morgan fingerprint density at radius 2 is 1.96 bits per heavy atom. The molecule has 0 amide bonds. The van der Waals surface area contributed by atoms with Crippen LogP contribution in [0.15, 0.2) is 23.4 Å². The highest BCUT2D eigenvalue weighted by molar-refractivity contribution is 7.89. The summed E-state index contributed by atoms with van der Waals surface area (Å²) in [7, 11) is -4.30. The van der Waals surface area contributed by atoms with Crippen molar-refractivity contribution in [1.82, 2.24) is 9.29 Å². The van der Waals surface area contributed by atoms with E-state index in [1.54, 1.807) is 0 Å². The van der Waals surface area contributed by atoms with Crippen LogP contribution in [0.4, 0.5) is 13.2 Å². The fourth-order valence-corrected chi connectivity index (χ4v) is 3.95. The smallest absolute Gasteiger partial charge is 0.393 e. The second kappa shape index (κ2) is 6.80. The zero-order valence-electron chi connectivity index (χ0n) is 11.2. The van der Waals surface area contributed by atoms with Crippen LogP contribution < -0.4 is 0 Å². The first kappa shape index (κ1) is 19.9. The van der Waals surface area contributed by atoms with Crippen molar-refractivity contribution in [2.45, 2.75) is 11.1 Å². The van der Waals surface area contributed by atoms with Crippen LogP contribution in [0.5, 0.6) is 0 Å². The number of carboxylic acid groups (broad SMARTS) is 1. The molecular formula is C11H11Cl2F3N2O4S. The monoisotopic (exact) mass is 394 g/mol. The highest BCUT2D eigenvalue weighted by atomic mass is 35.5. The van der Waals surface area contributed by atoms with Gasteiger partial charge in [-0.15, -0.1) is 12.4 Å². The van der Waals surface area contributed by atoms with Crippen molar-refractivity contribution in [3.05, 3.63) is 23.5 Å². The lowest BCUT2D eigenvalue weighted by molar-refractivity contribution is -0.187. The van der Waals surface area contributed by atoms with E-state index in [-0.39, 0.29) is 22.3 Å². The van der Waals surface area contributed by atoms with Crippen molar-refractivity contribution >= 4 is 40.0 Å². The summed E-state index contributed by atoms with van der Waals surface area (Å²) < 4.78 is 63.7. The summed E-state index contributed by atoms with van der Waals surface area (Å²) in [6.07, 6.45) is -2.69. The molecule has 23 heavy (non-hydrogen) atoms. The predicted molar refractivity (Wildman–Crippen MR) is 75.9 cm³/mol. The van der Waals surface area contributed by atoms with Crippen LogP contribution in [0, 0.1) is 11.8 Å². The number of halogens is 5. The molecule has 0 unspecified atom stereocenters. The van der Waals surface area contributed by atoms with E-state index in [9.17, 15) is 26.4 Å². The van der Waals surface area contributed by atoms with Gasteiger partial charge in [0.15, 0.2) is 0 Å². The van der Waals surface area contributed by atoms with Crippen LogP contribution in [-0.2, 0) is 14.8 Å². The van der Waals surface area contributed by atoms with Crippen LogP contribution in [0.3, 0.4) is 0 Å². The fraction of sp³-hybridized carbons (Fsp3) is 0.455. The van der Waals surface area contributed by atoms with Crippen LogP contribution in [0.2, 0.25) is 5.02 Å². The summed E-state index contributed by atoms with van der Waals surface area (Å²) in [5, 5.41) is 8.89. The maximum absolute atomic E-state index is 12.9. The third-order valence-electron chi connectivity index (χ3n) is 3.34. The summed E-state index contributed by atoms with van der Waals surface area (Å²) in [6, 6.07) is 1.04. The normalized spacial score (nSPS) is 22.6. The summed E-state index contributed by atoms with van der Waals surface area (Å²) in [6.45, 7) is -1.70. The van der Waals surface area contributed by atoms with Crippen LogP contribution >= 0.6 is 24.0 Å². The Morgan fingerprint density at radius 1 is 1.35 bits per heavy atom. The van der Waals surface area contributed by atoms with Gasteiger partial charge >= 0.3 is 12.1 Å². The van der Waals surface area contributed by atoms with Crippen molar-refractivity contribution in [2.24, 2.45) is 11.8 Å². The maximum Gasteiger partial charge on any atom is 0.393 e. The molecule has 1 aliphatic rings. The van der Waals surface area contributed by atoms with Crippen molar-refractivity contribution < 1.29 is 31.5 Å². The van der Waals surface area contributed by atoms with Gasteiger partial charge < -0.3 is 5.11 Å². The molecular weight excluding hydrogens is 384 g/mol. The van der Waals surface area contributed by atoms with Crippen LogP contribution in [0.1, 0.15) is 0 Å². The minimum atomic E-state index is -4.81. The molecule has 0 saturated carbocycles. The number of rotatable bonds is 3. The molecule has 0 bridgehead atoms. The third-order valence-corrected chi connectivity index (χ3v) is 5.35. The SMILES string of the molecule is Cl.O=C(O)[C@@H]1CN(S(=O)(=O)c2cncc(Cl)c2)C[C@H]1C(F)(F)F. The molecule has 12 heteroatoms. The van der Waals surface area contributed by atoms with Crippen LogP contribution in [0.25, 0.3) is 0 Å². The van der Waals surface area contributed by atoms with E-state index in [0.717, 1.165) is 12.3 Å². The first-order chi connectivity index (χ1) is 10.0. The third kappa shape index (κ3) is 4.06. The molecule has 1 aromatic heterocycles. The Balaban J connectivity index is 0.00000264. The number of aromatic nitrogens is 1. The summed E-state index contributed by atoms with van der Waals surface area (Å²) in [5.74, 6) is -5.79. The van der Waals surface area contributed by atoms with Gasteiger partial charge in [-0.2, -0.15) is 17.5 Å². The van der Waals surface area contributed by atoms with Gasteiger partial charge in [0.05, 0.1) is 16.9 Å². The highest BCUT2D eigenvalue weighted by Crippen LogP contribution is 2.39. The molecule has 1 fully saturated rings. The fourth-order valence-electron chi connectivity index (χ4n) is 2.23. The molecule has 0 aromatic carbocycles. The number of sulfonamides is 1. The quantitative estimate of drug-likeness (QED) is 0.847. The first-order valence-electron chi connectivity index (χ1n) is 5.93. The summed E-state index contributed by atoms with van der Waals surface area (Å²) in [5.41, 5.74) is 0. The number of pyridine rings is 1. The van der Waals surface area contributed by atoms with Gasteiger partial charge in [0, 0.05) is 25.5 Å². The van der Waals surface area contributed by atoms with E-state index in [0.29, 0.717) is 4.31 Å². The van der Waals surface area contributed by atoms with E-state index >= 15 is 0 Å². The van der Waals surface area contributed by atoms with E-state index in [4.69, 9.17) is 16.7 Å². The minimum Gasteiger partial charge on any atom is -0.481 e. The highest BCUT2D eigenvalue weighted by Gasteiger charge is 2.55. The molecule has 2 rings (SSSR count). The van der Waals surface area contributed by atoms with Crippen molar-refractivity contribution in [2.75, 3.05) is 13.1 Å². The zero-order valence-corrected chi connectivity index (χ0v) is 13.6. The molecule has 2 heterocycles. The molecule has 1 aromatic rings. The first-order valence-corrected chi connectivity index (χ1v) is 7.75. The lowest BCUT2D eigenvalue weighted by Gasteiger charge is -2.18. The Morgan fingerprint density at radius 3 is 2.39 bits per heavy atom. The second-order valence-electron chi connectivity index (χ2n) is 4.75. The number of hydrogen-bond donors (Lipinski definition) is 1. The molecule has 1 aliphatic heterocycles. The lowest BCUT2D eigenvalue weighted by atomic mass is 9.96. The average molecular weight is 395 g/mol. The number of hydrogen-bond acceptors (Lipinski definition) is 4. The molecule has 130 valence electrons. The number of aliphatic carboxylic acids is 1. The topological polar surface area (TPSA) is 87.6 Å². The predicted octanol–water partition coefficient (Wildman–Crippen LogP) is 2.04. The van der Waals surface area contributed by atoms with Gasteiger partial charge in [0.1, 0.15) is 4.90 Å². The molecule has 6 nitrogen and oxygen atoms in total. The van der Waals surface area contributed by atoms with E-state index < -0.39 is 47.1 Å². The molecule has 0 aliphatic carbocycles. The molecule has 0 spiro atoms. The van der Waals surface area contributed by atoms with E-state index in [2.05, 4.69) is 4.98 Å². The van der Waals surface area contributed by atoms with Crippen LogP contribution in [-0.4, -0.2) is 48.0 Å². The Labute approximate surface area is 140 Å². The molecule has 2 atom stereocenters. The number of carboxylic acids is 1. The Kier molecular flexibility index (Phi) is 5.89. The average Bonchev–Trinajstić information content (AvgIpc) is 2.84. The summed E-state index contributed by atoms with van der Waals surface area (Å²) >= 11 is 5.62. The molecule has 1 saturated heterocycles. The second-order valence-corrected chi connectivity index (χ2v) is 7.13. The lowest BCUT2D eigenvalue weighted by Crippen LogP contribution is -2.34. The van der Waals surface area contributed by atoms with Crippen molar-refractivity contribution in [1.29, 1.82) is 0 Å². The van der Waals surface area contributed by atoms with Gasteiger partial charge in [0.2, 0.25) is 10.0 Å².